The number of phenolic OH excluding ortho intramolecular Hbond substituents is 2. The van der Waals surface area contributed by atoms with Crippen molar-refractivity contribution in [2.75, 3.05) is 0 Å². The molecule has 0 heterocycles. The SMILES string of the molecule is CC(C)(C)c1cc(C=N[C@@H]2c3ccccc3-c3ccccc3[C@@H]2N=Cc2cc(C(C)(C)C)cc(C(C)(C)C)c2O)c(O)c(C(C)(C)C)c1. The molecule has 4 heteroatoms. The lowest BCUT2D eigenvalue weighted by Gasteiger charge is -2.31. The highest BCUT2D eigenvalue weighted by Crippen LogP contribution is 2.49. The quantitative estimate of drug-likeness (QED) is 0.218. The van der Waals surface area contributed by atoms with Gasteiger partial charge in [0.05, 0.1) is 0 Å². The molecule has 1 aliphatic rings. The van der Waals surface area contributed by atoms with Crippen LogP contribution in [0.4, 0.5) is 0 Å². The van der Waals surface area contributed by atoms with Crippen molar-refractivity contribution in [3.63, 3.8) is 0 Å². The maximum absolute atomic E-state index is 11.6. The fraction of sp³-hybridized carbons (Fsp3) is 0.409. The number of hydrogen-bond donors (Lipinski definition) is 2. The van der Waals surface area contributed by atoms with E-state index < -0.39 is 0 Å². The third kappa shape index (κ3) is 6.99. The highest BCUT2D eigenvalue weighted by molar-refractivity contribution is 5.87. The second kappa shape index (κ2) is 12.4. The Morgan fingerprint density at radius 3 is 1.12 bits per heavy atom. The number of phenols is 2. The maximum atomic E-state index is 11.6. The lowest BCUT2D eigenvalue weighted by Crippen LogP contribution is -2.18. The third-order valence-corrected chi connectivity index (χ3v) is 9.52. The number of fused-ring (bicyclic) bond motifs is 3. The molecule has 252 valence electrons. The summed E-state index contributed by atoms with van der Waals surface area (Å²) in [6, 6.07) is 24.5. The first kappa shape index (κ1) is 35.1. The van der Waals surface area contributed by atoms with Crippen molar-refractivity contribution in [2.45, 2.75) is 117 Å². The second-order valence-electron chi connectivity index (χ2n) is 17.5. The van der Waals surface area contributed by atoms with Gasteiger partial charge < -0.3 is 10.2 Å². The van der Waals surface area contributed by atoms with E-state index in [1.165, 1.54) is 0 Å². The molecule has 0 fully saturated rings. The van der Waals surface area contributed by atoms with E-state index in [9.17, 15) is 10.2 Å². The van der Waals surface area contributed by atoms with Crippen LogP contribution in [0.1, 0.15) is 140 Å². The van der Waals surface area contributed by atoms with Gasteiger partial charge in [0.15, 0.2) is 0 Å². The predicted molar refractivity (Wildman–Crippen MR) is 204 cm³/mol. The molecule has 4 aromatic rings. The largest absolute Gasteiger partial charge is 0.507 e. The molecule has 48 heavy (non-hydrogen) atoms. The summed E-state index contributed by atoms with van der Waals surface area (Å²) in [4.78, 5) is 10.5. The summed E-state index contributed by atoms with van der Waals surface area (Å²) < 4.78 is 0. The fourth-order valence-corrected chi connectivity index (χ4v) is 6.51. The molecule has 0 aromatic heterocycles. The van der Waals surface area contributed by atoms with Crippen LogP contribution in [0.3, 0.4) is 0 Å². The standard InChI is InChI=1S/C44H54N2O2/c1-41(2,3)29-21-27(39(47)35(23-29)43(7,8)9)25-45-37-33-19-15-13-17-31(33)32-18-14-16-20-34(32)38(37)46-26-28-22-30(42(4,5)6)24-36(40(28)48)44(10,11)12/h13-26,37-38,47-48H,1-12H3/t37-,38+. The molecule has 0 radical (unpaired) electrons. The van der Waals surface area contributed by atoms with Gasteiger partial charge in [0.2, 0.25) is 0 Å². The van der Waals surface area contributed by atoms with E-state index >= 15 is 0 Å². The maximum Gasteiger partial charge on any atom is 0.128 e. The molecule has 0 spiro atoms. The highest BCUT2D eigenvalue weighted by Gasteiger charge is 2.33. The number of aliphatic imine (C=N–C) groups is 2. The molecule has 2 N–H and O–H groups in total. The first-order valence-corrected chi connectivity index (χ1v) is 17.2. The summed E-state index contributed by atoms with van der Waals surface area (Å²) in [5.74, 6) is 0.532. The van der Waals surface area contributed by atoms with Gasteiger partial charge >= 0.3 is 0 Å². The number of benzene rings is 4. The van der Waals surface area contributed by atoms with Gasteiger partial charge in [-0.15, -0.1) is 0 Å². The van der Waals surface area contributed by atoms with Gasteiger partial charge in [-0.05, 0) is 67.2 Å². The van der Waals surface area contributed by atoms with Crippen molar-refractivity contribution >= 4 is 12.4 Å². The molecule has 5 rings (SSSR count). The minimum absolute atomic E-state index is 0.102. The van der Waals surface area contributed by atoms with E-state index in [-0.39, 0.29) is 45.2 Å². The Balaban J connectivity index is 1.71. The van der Waals surface area contributed by atoms with Crippen LogP contribution < -0.4 is 0 Å². The fourth-order valence-electron chi connectivity index (χ4n) is 6.51. The van der Waals surface area contributed by atoms with Crippen LogP contribution in [-0.2, 0) is 21.7 Å². The van der Waals surface area contributed by atoms with Crippen LogP contribution in [0.15, 0.2) is 82.8 Å². The smallest absolute Gasteiger partial charge is 0.128 e. The molecule has 4 nitrogen and oxygen atoms in total. The first-order chi connectivity index (χ1) is 22.2. The average molecular weight is 643 g/mol. The van der Waals surface area contributed by atoms with Gasteiger partial charge in [0.1, 0.15) is 23.6 Å². The summed E-state index contributed by atoms with van der Waals surface area (Å²) in [6.45, 7) is 25.9. The van der Waals surface area contributed by atoms with Crippen molar-refractivity contribution in [3.05, 3.63) is 117 Å². The van der Waals surface area contributed by atoms with E-state index in [2.05, 4.69) is 156 Å². The molecule has 0 saturated heterocycles. The Morgan fingerprint density at radius 2 is 0.812 bits per heavy atom. The van der Waals surface area contributed by atoms with Crippen molar-refractivity contribution in [2.24, 2.45) is 9.98 Å². The summed E-state index contributed by atoms with van der Waals surface area (Å²) in [5.41, 5.74) is 9.28. The molecule has 1 aliphatic carbocycles. The molecule has 0 bridgehead atoms. The van der Waals surface area contributed by atoms with Gasteiger partial charge in [0.25, 0.3) is 0 Å². The topological polar surface area (TPSA) is 65.2 Å². The van der Waals surface area contributed by atoms with E-state index in [1.807, 2.05) is 12.4 Å². The number of hydrogen-bond acceptors (Lipinski definition) is 4. The first-order valence-electron chi connectivity index (χ1n) is 17.2. The van der Waals surface area contributed by atoms with Gasteiger partial charge in [0, 0.05) is 34.7 Å². The van der Waals surface area contributed by atoms with Crippen molar-refractivity contribution in [1.82, 2.24) is 0 Å². The zero-order chi connectivity index (χ0) is 35.4. The minimum atomic E-state index is -0.349. The lowest BCUT2D eigenvalue weighted by atomic mass is 9.78. The van der Waals surface area contributed by atoms with Crippen molar-refractivity contribution < 1.29 is 10.2 Å². The molecule has 0 amide bonds. The van der Waals surface area contributed by atoms with E-state index in [0.29, 0.717) is 11.1 Å². The monoisotopic (exact) mass is 642 g/mol. The summed E-state index contributed by atoms with van der Waals surface area (Å²) in [7, 11) is 0. The van der Waals surface area contributed by atoms with E-state index in [4.69, 9.17) is 9.98 Å². The zero-order valence-corrected chi connectivity index (χ0v) is 31.0. The van der Waals surface area contributed by atoms with Crippen molar-refractivity contribution in [3.8, 4) is 22.6 Å². The van der Waals surface area contributed by atoms with Crippen LogP contribution in [0.2, 0.25) is 0 Å². The second-order valence-corrected chi connectivity index (χ2v) is 17.5. The normalized spacial score (nSPS) is 17.2. The molecule has 2 atom stereocenters. The predicted octanol–water partition coefficient (Wildman–Crippen LogP) is 11.3. The summed E-state index contributed by atoms with van der Waals surface area (Å²) in [6.07, 6.45) is 3.68. The van der Waals surface area contributed by atoms with Crippen molar-refractivity contribution in [1.29, 1.82) is 0 Å². The molecular weight excluding hydrogens is 588 g/mol. The highest BCUT2D eigenvalue weighted by atomic mass is 16.3. The Bertz CT molecular complexity index is 1750. The van der Waals surface area contributed by atoms with Crippen LogP contribution in [0.5, 0.6) is 11.5 Å². The van der Waals surface area contributed by atoms with Gasteiger partial charge in [-0.25, -0.2) is 0 Å². The lowest BCUT2D eigenvalue weighted by molar-refractivity contribution is 0.442. The number of aromatic hydroxyl groups is 2. The van der Waals surface area contributed by atoms with Crippen LogP contribution in [0, 0.1) is 0 Å². The van der Waals surface area contributed by atoms with Gasteiger partial charge in [-0.3, -0.25) is 9.98 Å². The Morgan fingerprint density at radius 1 is 0.479 bits per heavy atom. The number of rotatable bonds is 4. The third-order valence-electron chi connectivity index (χ3n) is 9.52. The molecule has 4 aromatic carbocycles. The Kier molecular flexibility index (Phi) is 9.05. The Hall–Kier alpha value is -4.18. The van der Waals surface area contributed by atoms with E-state index in [1.54, 1.807) is 0 Å². The van der Waals surface area contributed by atoms with Gasteiger partial charge in [-0.1, -0.05) is 144 Å². The molecule has 0 unspecified atom stereocenters. The molecular formula is C44H54N2O2. The van der Waals surface area contributed by atoms with E-state index in [0.717, 1.165) is 44.5 Å². The van der Waals surface area contributed by atoms with Crippen LogP contribution in [-0.4, -0.2) is 22.6 Å². The molecule has 0 aliphatic heterocycles. The van der Waals surface area contributed by atoms with Crippen LogP contribution in [0.25, 0.3) is 11.1 Å². The van der Waals surface area contributed by atoms with Gasteiger partial charge in [-0.2, -0.15) is 0 Å². The van der Waals surface area contributed by atoms with Crippen LogP contribution >= 0.6 is 0 Å². The average Bonchev–Trinajstić information content (AvgIpc) is 2.98. The minimum Gasteiger partial charge on any atom is -0.507 e. The summed E-state index contributed by atoms with van der Waals surface area (Å²) in [5, 5.41) is 23.2. The Labute approximate surface area is 288 Å². The number of nitrogens with zero attached hydrogens (tertiary/aromatic N) is 2. The summed E-state index contributed by atoms with van der Waals surface area (Å²) >= 11 is 0. The zero-order valence-electron chi connectivity index (χ0n) is 31.0. The molecule has 0 saturated carbocycles.